The molecule has 1 atom stereocenters. The fourth-order valence-electron chi connectivity index (χ4n) is 0.869. The van der Waals surface area contributed by atoms with E-state index in [1.54, 1.807) is 12.3 Å². The normalized spacial score (nSPS) is 13.0. The highest BCUT2D eigenvalue weighted by Crippen LogP contribution is 2.11. The van der Waals surface area contributed by atoms with E-state index < -0.39 is 6.10 Å². The molecule has 0 aliphatic carbocycles. The minimum absolute atomic E-state index is 0.448. The van der Waals surface area contributed by atoms with Gasteiger partial charge in [0.05, 0.1) is 11.8 Å². The van der Waals surface area contributed by atoms with Gasteiger partial charge in [0.15, 0.2) is 0 Å². The Morgan fingerprint density at radius 1 is 1.64 bits per heavy atom. The highest BCUT2D eigenvalue weighted by Gasteiger charge is 2.05. The van der Waals surface area contributed by atoms with E-state index in [0.717, 1.165) is 0 Å². The van der Waals surface area contributed by atoms with Crippen molar-refractivity contribution in [3.8, 4) is 0 Å². The van der Waals surface area contributed by atoms with Gasteiger partial charge >= 0.3 is 0 Å². The first-order chi connectivity index (χ1) is 5.24. The van der Waals surface area contributed by atoms with Crippen LogP contribution in [0, 0.1) is 6.92 Å². The van der Waals surface area contributed by atoms with Crippen molar-refractivity contribution in [2.75, 3.05) is 0 Å². The van der Waals surface area contributed by atoms with Crippen LogP contribution < -0.4 is 0 Å². The van der Waals surface area contributed by atoms with Gasteiger partial charge in [0.2, 0.25) is 0 Å². The average Bonchev–Trinajstić information content (AvgIpc) is 2.03. The molecule has 1 heterocycles. The molecule has 0 fully saturated rings. The van der Waals surface area contributed by atoms with Gasteiger partial charge in [-0.15, -0.1) is 0 Å². The SMILES string of the molecule is CC[C@@H](O)c1ccnc(C)n1. The maximum atomic E-state index is 9.36. The second-order valence-electron chi connectivity index (χ2n) is 2.45. The van der Waals surface area contributed by atoms with E-state index >= 15 is 0 Å². The van der Waals surface area contributed by atoms with E-state index in [1.165, 1.54) is 0 Å². The third-order valence-corrected chi connectivity index (χ3v) is 1.53. The van der Waals surface area contributed by atoms with Crippen LogP contribution >= 0.6 is 0 Å². The van der Waals surface area contributed by atoms with Crippen molar-refractivity contribution in [1.82, 2.24) is 9.97 Å². The van der Waals surface area contributed by atoms with Gasteiger partial charge in [-0.1, -0.05) is 6.92 Å². The van der Waals surface area contributed by atoms with Crippen molar-refractivity contribution in [3.05, 3.63) is 23.8 Å². The number of aromatic nitrogens is 2. The number of hydrogen-bond donors (Lipinski definition) is 1. The van der Waals surface area contributed by atoms with Crippen LogP contribution in [0.25, 0.3) is 0 Å². The number of aliphatic hydroxyl groups excluding tert-OH is 1. The molecule has 0 amide bonds. The molecular weight excluding hydrogens is 140 g/mol. The fourth-order valence-corrected chi connectivity index (χ4v) is 0.869. The van der Waals surface area contributed by atoms with Crippen LogP contribution in [-0.4, -0.2) is 15.1 Å². The molecule has 1 rings (SSSR count). The van der Waals surface area contributed by atoms with Gasteiger partial charge in [-0.05, 0) is 19.4 Å². The summed E-state index contributed by atoms with van der Waals surface area (Å²) in [6, 6.07) is 1.74. The molecule has 0 aromatic carbocycles. The molecule has 60 valence electrons. The largest absolute Gasteiger partial charge is 0.387 e. The molecule has 1 N–H and O–H groups in total. The molecule has 0 aliphatic heterocycles. The monoisotopic (exact) mass is 152 g/mol. The van der Waals surface area contributed by atoms with Crippen LogP contribution in [-0.2, 0) is 0 Å². The van der Waals surface area contributed by atoms with Gasteiger partial charge in [-0.2, -0.15) is 0 Å². The summed E-state index contributed by atoms with van der Waals surface area (Å²) < 4.78 is 0. The van der Waals surface area contributed by atoms with E-state index in [-0.39, 0.29) is 0 Å². The zero-order valence-electron chi connectivity index (χ0n) is 6.78. The molecule has 3 nitrogen and oxygen atoms in total. The number of aliphatic hydroxyl groups is 1. The van der Waals surface area contributed by atoms with Crippen LogP contribution in [0.1, 0.15) is 31.0 Å². The summed E-state index contributed by atoms with van der Waals surface area (Å²) in [4.78, 5) is 8.02. The summed E-state index contributed by atoms with van der Waals surface area (Å²) in [5, 5.41) is 9.36. The van der Waals surface area contributed by atoms with Crippen LogP contribution in [0.15, 0.2) is 12.3 Å². The number of nitrogens with zero attached hydrogens (tertiary/aromatic N) is 2. The van der Waals surface area contributed by atoms with Crippen molar-refractivity contribution in [3.63, 3.8) is 0 Å². The lowest BCUT2D eigenvalue weighted by atomic mass is 10.2. The van der Waals surface area contributed by atoms with E-state index in [9.17, 15) is 5.11 Å². The average molecular weight is 152 g/mol. The Morgan fingerprint density at radius 3 is 2.91 bits per heavy atom. The lowest BCUT2D eigenvalue weighted by Crippen LogP contribution is -2.00. The molecule has 0 saturated carbocycles. The zero-order valence-corrected chi connectivity index (χ0v) is 6.78. The van der Waals surface area contributed by atoms with Crippen LogP contribution in [0.5, 0.6) is 0 Å². The standard InChI is InChI=1S/C8H12N2O/c1-3-8(11)7-4-5-9-6(2)10-7/h4-5,8,11H,3H2,1-2H3/t8-/m1/s1. The summed E-state index contributed by atoms with van der Waals surface area (Å²) in [6.45, 7) is 3.73. The summed E-state index contributed by atoms with van der Waals surface area (Å²) in [5.41, 5.74) is 0.708. The van der Waals surface area contributed by atoms with Crippen molar-refractivity contribution in [2.24, 2.45) is 0 Å². The molecule has 0 radical (unpaired) electrons. The highest BCUT2D eigenvalue weighted by molar-refractivity contribution is 5.04. The Morgan fingerprint density at radius 2 is 2.36 bits per heavy atom. The lowest BCUT2D eigenvalue weighted by molar-refractivity contribution is 0.168. The van der Waals surface area contributed by atoms with Crippen LogP contribution in [0.4, 0.5) is 0 Å². The first-order valence-corrected chi connectivity index (χ1v) is 3.71. The maximum absolute atomic E-state index is 9.36. The molecule has 1 aromatic rings. The molecule has 3 heteroatoms. The van der Waals surface area contributed by atoms with E-state index in [4.69, 9.17) is 0 Å². The summed E-state index contributed by atoms with van der Waals surface area (Å²) >= 11 is 0. The fraction of sp³-hybridized carbons (Fsp3) is 0.500. The molecule has 0 unspecified atom stereocenters. The number of rotatable bonds is 2. The number of aryl methyl sites for hydroxylation is 1. The Hall–Kier alpha value is -0.960. The summed E-state index contributed by atoms with van der Waals surface area (Å²) in [7, 11) is 0. The van der Waals surface area contributed by atoms with Gasteiger partial charge in [-0.25, -0.2) is 9.97 Å². The predicted octanol–water partition coefficient (Wildman–Crippen LogP) is 1.23. The van der Waals surface area contributed by atoms with Crippen molar-refractivity contribution in [2.45, 2.75) is 26.4 Å². The molecule has 1 aromatic heterocycles. The molecule has 0 saturated heterocycles. The van der Waals surface area contributed by atoms with E-state index in [2.05, 4.69) is 9.97 Å². The second-order valence-corrected chi connectivity index (χ2v) is 2.45. The molecule has 0 spiro atoms. The third-order valence-electron chi connectivity index (χ3n) is 1.53. The molecule has 0 aliphatic rings. The minimum Gasteiger partial charge on any atom is -0.387 e. The topological polar surface area (TPSA) is 46.0 Å². The second kappa shape index (κ2) is 3.44. The Kier molecular flexibility index (Phi) is 2.54. The highest BCUT2D eigenvalue weighted by atomic mass is 16.3. The van der Waals surface area contributed by atoms with Crippen LogP contribution in [0.3, 0.4) is 0 Å². The first kappa shape index (κ1) is 8.14. The van der Waals surface area contributed by atoms with Gasteiger partial charge in [0.25, 0.3) is 0 Å². The Bertz CT molecular complexity index is 237. The summed E-state index contributed by atoms with van der Waals surface area (Å²) in [6.07, 6.45) is 1.91. The quantitative estimate of drug-likeness (QED) is 0.693. The van der Waals surface area contributed by atoms with Crippen molar-refractivity contribution < 1.29 is 5.11 Å². The van der Waals surface area contributed by atoms with E-state index in [0.29, 0.717) is 17.9 Å². The number of hydrogen-bond acceptors (Lipinski definition) is 3. The third kappa shape index (κ3) is 1.98. The minimum atomic E-state index is -0.448. The van der Waals surface area contributed by atoms with Crippen LogP contribution in [0.2, 0.25) is 0 Å². The molecule has 0 bridgehead atoms. The van der Waals surface area contributed by atoms with Gasteiger partial charge in [0, 0.05) is 6.20 Å². The zero-order chi connectivity index (χ0) is 8.27. The summed E-state index contributed by atoms with van der Waals surface area (Å²) in [5.74, 6) is 0.704. The van der Waals surface area contributed by atoms with Crippen molar-refractivity contribution >= 4 is 0 Å². The first-order valence-electron chi connectivity index (χ1n) is 3.71. The maximum Gasteiger partial charge on any atom is 0.125 e. The van der Waals surface area contributed by atoms with Gasteiger partial charge < -0.3 is 5.11 Å². The van der Waals surface area contributed by atoms with Crippen molar-refractivity contribution in [1.29, 1.82) is 0 Å². The Labute approximate surface area is 66.1 Å². The molecular formula is C8H12N2O. The lowest BCUT2D eigenvalue weighted by Gasteiger charge is -2.05. The molecule has 11 heavy (non-hydrogen) atoms. The van der Waals surface area contributed by atoms with Gasteiger partial charge in [-0.3, -0.25) is 0 Å². The predicted molar refractivity (Wildman–Crippen MR) is 42.0 cm³/mol. The van der Waals surface area contributed by atoms with E-state index in [1.807, 2.05) is 13.8 Å². The Balaban J connectivity index is 2.86. The van der Waals surface area contributed by atoms with Gasteiger partial charge in [0.1, 0.15) is 5.82 Å². The smallest absolute Gasteiger partial charge is 0.125 e.